The SMILES string of the molecule is CCCB(C)c1ccc(C(=O)OC)cc1N. The van der Waals surface area contributed by atoms with Crippen molar-refractivity contribution in [2.45, 2.75) is 26.5 Å². The quantitative estimate of drug-likeness (QED) is 0.477. The molecule has 1 aromatic rings. The van der Waals surface area contributed by atoms with Gasteiger partial charge in [0, 0.05) is 5.69 Å². The summed E-state index contributed by atoms with van der Waals surface area (Å²) in [6.45, 7) is 4.72. The predicted octanol–water partition coefficient (Wildman–Crippen LogP) is 1.80. The number of rotatable bonds is 4. The second kappa shape index (κ2) is 5.59. The van der Waals surface area contributed by atoms with E-state index in [0.29, 0.717) is 18.0 Å². The first-order chi connectivity index (χ1) is 7.60. The molecule has 4 heteroatoms. The lowest BCUT2D eigenvalue weighted by atomic mass is 9.44. The van der Waals surface area contributed by atoms with Crippen molar-refractivity contribution in [2.75, 3.05) is 12.8 Å². The van der Waals surface area contributed by atoms with Gasteiger partial charge in [-0.3, -0.25) is 0 Å². The molecule has 1 rings (SSSR count). The molecule has 2 N–H and O–H groups in total. The fourth-order valence-corrected chi connectivity index (χ4v) is 1.86. The van der Waals surface area contributed by atoms with Crippen LogP contribution in [-0.2, 0) is 4.74 Å². The number of carbonyl (C=O) groups excluding carboxylic acids is 1. The van der Waals surface area contributed by atoms with E-state index in [1.165, 1.54) is 7.11 Å². The summed E-state index contributed by atoms with van der Waals surface area (Å²) in [6.07, 6.45) is 2.22. The van der Waals surface area contributed by atoms with Crippen molar-refractivity contribution in [1.29, 1.82) is 0 Å². The van der Waals surface area contributed by atoms with Crippen LogP contribution in [-0.4, -0.2) is 19.8 Å². The molecule has 0 aliphatic rings. The molecule has 0 saturated heterocycles. The maximum Gasteiger partial charge on any atom is 0.337 e. The first kappa shape index (κ1) is 12.6. The molecular formula is C12H18BNO2. The number of methoxy groups -OCH3 is 1. The van der Waals surface area contributed by atoms with Gasteiger partial charge >= 0.3 is 5.97 Å². The molecule has 0 aliphatic carbocycles. The summed E-state index contributed by atoms with van der Waals surface area (Å²) in [4.78, 5) is 11.3. The maximum absolute atomic E-state index is 11.3. The molecule has 86 valence electrons. The fraction of sp³-hybridized carbons (Fsp3) is 0.417. The van der Waals surface area contributed by atoms with E-state index in [9.17, 15) is 4.79 Å². The van der Waals surface area contributed by atoms with Crippen molar-refractivity contribution in [3.8, 4) is 0 Å². The molecule has 0 fully saturated rings. The molecule has 0 aliphatic heterocycles. The van der Waals surface area contributed by atoms with E-state index in [1.807, 2.05) is 6.07 Å². The molecule has 0 radical (unpaired) electrons. The van der Waals surface area contributed by atoms with Crippen molar-refractivity contribution in [1.82, 2.24) is 0 Å². The second-order valence-electron chi connectivity index (χ2n) is 4.03. The third-order valence-corrected chi connectivity index (χ3v) is 2.76. The van der Waals surface area contributed by atoms with Crippen molar-refractivity contribution >= 4 is 23.8 Å². The zero-order valence-corrected chi connectivity index (χ0v) is 10.1. The average Bonchev–Trinajstić information content (AvgIpc) is 2.28. The Balaban J connectivity index is 2.95. The summed E-state index contributed by atoms with van der Waals surface area (Å²) in [5.74, 6) is -0.346. The lowest BCUT2D eigenvalue weighted by Gasteiger charge is -2.11. The number of nitrogen functional groups attached to an aromatic ring is 1. The van der Waals surface area contributed by atoms with Gasteiger partial charge in [-0.15, -0.1) is 0 Å². The van der Waals surface area contributed by atoms with Crippen molar-refractivity contribution in [3.63, 3.8) is 0 Å². The van der Waals surface area contributed by atoms with Gasteiger partial charge in [0.05, 0.1) is 12.7 Å². The smallest absolute Gasteiger partial charge is 0.337 e. The number of benzene rings is 1. The summed E-state index contributed by atoms with van der Waals surface area (Å²) >= 11 is 0. The third-order valence-electron chi connectivity index (χ3n) is 2.76. The highest BCUT2D eigenvalue weighted by molar-refractivity contribution is 6.73. The number of esters is 1. The van der Waals surface area contributed by atoms with E-state index in [2.05, 4.69) is 18.5 Å². The minimum absolute atomic E-state index is 0.346. The second-order valence-corrected chi connectivity index (χ2v) is 4.03. The van der Waals surface area contributed by atoms with Crippen LogP contribution in [0, 0.1) is 0 Å². The lowest BCUT2D eigenvalue weighted by molar-refractivity contribution is 0.0601. The molecule has 16 heavy (non-hydrogen) atoms. The van der Waals surface area contributed by atoms with Gasteiger partial charge < -0.3 is 10.5 Å². The number of hydrogen-bond donors (Lipinski definition) is 1. The minimum Gasteiger partial charge on any atom is -0.465 e. The summed E-state index contributed by atoms with van der Waals surface area (Å²) < 4.78 is 4.64. The van der Waals surface area contributed by atoms with E-state index < -0.39 is 0 Å². The molecule has 0 unspecified atom stereocenters. The van der Waals surface area contributed by atoms with Crippen LogP contribution < -0.4 is 11.2 Å². The predicted molar refractivity (Wildman–Crippen MR) is 68.5 cm³/mol. The van der Waals surface area contributed by atoms with Crippen molar-refractivity contribution in [2.24, 2.45) is 0 Å². The Labute approximate surface area is 97.1 Å². The number of nitrogens with two attached hydrogens (primary N) is 1. The standard InChI is InChI=1S/C12H18BNO2/c1-4-7-13(2)10-6-5-9(8-11(10)14)12(15)16-3/h5-6,8H,4,7,14H2,1-3H3. The monoisotopic (exact) mass is 219 g/mol. The first-order valence-electron chi connectivity index (χ1n) is 5.57. The normalized spacial score (nSPS) is 9.94. The number of anilines is 1. The van der Waals surface area contributed by atoms with Gasteiger partial charge in [-0.1, -0.05) is 38.0 Å². The van der Waals surface area contributed by atoms with Crippen LogP contribution in [0.15, 0.2) is 18.2 Å². The Morgan fingerprint density at radius 2 is 2.19 bits per heavy atom. The summed E-state index contributed by atoms with van der Waals surface area (Å²) in [7, 11) is 1.37. The molecule has 0 amide bonds. The van der Waals surface area contributed by atoms with Gasteiger partial charge in [0.15, 0.2) is 6.71 Å². The number of carbonyl (C=O) groups is 1. The Hall–Kier alpha value is -1.45. The van der Waals surface area contributed by atoms with Crippen molar-refractivity contribution < 1.29 is 9.53 Å². The van der Waals surface area contributed by atoms with E-state index >= 15 is 0 Å². The van der Waals surface area contributed by atoms with E-state index in [0.717, 1.165) is 18.2 Å². The minimum atomic E-state index is -0.346. The largest absolute Gasteiger partial charge is 0.465 e. The van der Waals surface area contributed by atoms with Gasteiger partial charge in [0.1, 0.15) is 0 Å². The van der Waals surface area contributed by atoms with Gasteiger partial charge in [-0.05, 0) is 12.1 Å². The molecular weight excluding hydrogens is 201 g/mol. The third kappa shape index (κ3) is 2.78. The summed E-state index contributed by atoms with van der Waals surface area (Å²) in [6, 6.07) is 5.37. The zero-order chi connectivity index (χ0) is 12.1. The lowest BCUT2D eigenvalue weighted by Crippen LogP contribution is -2.29. The van der Waals surface area contributed by atoms with Crippen molar-refractivity contribution in [3.05, 3.63) is 23.8 Å². The fourth-order valence-electron chi connectivity index (χ4n) is 1.86. The Bertz CT molecular complexity index is 379. The average molecular weight is 219 g/mol. The van der Waals surface area contributed by atoms with Gasteiger partial charge in [-0.2, -0.15) is 0 Å². The van der Waals surface area contributed by atoms with Gasteiger partial charge in [0.2, 0.25) is 0 Å². The van der Waals surface area contributed by atoms with Crippen LogP contribution in [0.25, 0.3) is 0 Å². The van der Waals surface area contributed by atoms with Crippen LogP contribution >= 0.6 is 0 Å². The molecule has 0 aromatic heterocycles. The number of ether oxygens (including phenoxy) is 1. The summed E-state index contributed by atoms with van der Waals surface area (Å²) in [5, 5.41) is 0. The molecule has 0 heterocycles. The van der Waals surface area contributed by atoms with Gasteiger partial charge in [0.25, 0.3) is 0 Å². The molecule has 3 nitrogen and oxygen atoms in total. The highest BCUT2D eigenvalue weighted by atomic mass is 16.5. The van der Waals surface area contributed by atoms with E-state index in [-0.39, 0.29) is 5.97 Å². The van der Waals surface area contributed by atoms with Crippen LogP contribution in [0.1, 0.15) is 23.7 Å². The highest BCUT2D eigenvalue weighted by Crippen LogP contribution is 2.09. The Kier molecular flexibility index (Phi) is 4.41. The highest BCUT2D eigenvalue weighted by Gasteiger charge is 2.14. The first-order valence-corrected chi connectivity index (χ1v) is 5.57. The molecule has 0 spiro atoms. The maximum atomic E-state index is 11.3. The summed E-state index contributed by atoms with van der Waals surface area (Å²) in [5.41, 5.74) is 8.22. The Morgan fingerprint density at radius 1 is 1.50 bits per heavy atom. The molecule has 0 atom stereocenters. The van der Waals surface area contributed by atoms with Crippen LogP contribution in [0.5, 0.6) is 0 Å². The molecule has 0 saturated carbocycles. The van der Waals surface area contributed by atoms with Crippen LogP contribution in [0.2, 0.25) is 13.1 Å². The van der Waals surface area contributed by atoms with Gasteiger partial charge in [-0.25, -0.2) is 4.79 Å². The zero-order valence-electron chi connectivity index (χ0n) is 10.1. The number of hydrogen-bond acceptors (Lipinski definition) is 3. The Morgan fingerprint density at radius 3 is 2.69 bits per heavy atom. The van der Waals surface area contributed by atoms with E-state index in [4.69, 9.17) is 5.73 Å². The topological polar surface area (TPSA) is 52.3 Å². The molecule has 1 aromatic carbocycles. The van der Waals surface area contributed by atoms with Crippen LogP contribution in [0.4, 0.5) is 5.69 Å². The molecule has 0 bridgehead atoms. The van der Waals surface area contributed by atoms with Crippen LogP contribution in [0.3, 0.4) is 0 Å². The van der Waals surface area contributed by atoms with E-state index in [1.54, 1.807) is 12.1 Å².